The van der Waals surface area contributed by atoms with Gasteiger partial charge in [0.15, 0.2) is 0 Å². The second kappa shape index (κ2) is 5.13. The van der Waals surface area contributed by atoms with Gasteiger partial charge in [-0.3, -0.25) is 14.8 Å². The van der Waals surface area contributed by atoms with Gasteiger partial charge in [-0.1, -0.05) is 6.07 Å². The molecule has 3 rings (SSSR count). The molecule has 5 heteroatoms. The van der Waals surface area contributed by atoms with E-state index in [2.05, 4.69) is 15.3 Å². The third kappa shape index (κ3) is 2.38. The number of hydrogen-bond donors (Lipinski definition) is 2. The van der Waals surface area contributed by atoms with Crippen molar-refractivity contribution < 1.29 is 4.79 Å². The Bertz CT molecular complexity index is 667. The number of fused-ring (bicyclic) bond motifs is 1. The fourth-order valence-corrected chi connectivity index (χ4v) is 2.30. The molecule has 3 N–H and O–H groups in total. The van der Waals surface area contributed by atoms with Crippen LogP contribution in [0.5, 0.6) is 0 Å². The molecule has 2 aromatic rings. The number of carbonyl (C=O) groups excluding carboxylic acids is 1. The summed E-state index contributed by atoms with van der Waals surface area (Å²) in [5, 5.41) is 3.31. The van der Waals surface area contributed by atoms with Crippen molar-refractivity contribution in [3.05, 3.63) is 59.7 Å². The van der Waals surface area contributed by atoms with Crippen molar-refractivity contribution in [2.24, 2.45) is 5.73 Å². The third-order valence-corrected chi connectivity index (χ3v) is 3.26. The van der Waals surface area contributed by atoms with Crippen LogP contribution in [0, 0.1) is 0 Å². The highest BCUT2D eigenvalue weighted by molar-refractivity contribution is 6.00. The third-order valence-electron chi connectivity index (χ3n) is 3.26. The van der Waals surface area contributed by atoms with Crippen LogP contribution in [0.15, 0.2) is 48.3 Å². The number of amides is 1. The molecule has 2 aromatic heterocycles. The average Bonchev–Trinajstić information content (AvgIpc) is 2.47. The fraction of sp³-hybridized carbons (Fsp3) is 0.133. The molecule has 3 heterocycles. The highest BCUT2D eigenvalue weighted by atomic mass is 16.1. The van der Waals surface area contributed by atoms with Crippen molar-refractivity contribution in [2.75, 3.05) is 5.32 Å². The smallest absolute Gasteiger partial charge is 0.246 e. The van der Waals surface area contributed by atoms with Gasteiger partial charge in [0.1, 0.15) is 0 Å². The van der Waals surface area contributed by atoms with Crippen molar-refractivity contribution in [1.82, 2.24) is 9.97 Å². The number of nitrogens with two attached hydrogens (primary N) is 1. The first-order valence-corrected chi connectivity index (χ1v) is 6.37. The Labute approximate surface area is 116 Å². The van der Waals surface area contributed by atoms with Crippen LogP contribution in [0.4, 0.5) is 5.69 Å². The predicted molar refractivity (Wildman–Crippen MR) is 76.8 cm³/mol. The molecule has 1 amide bonds. The van der Waals surface area contributed by atoms with E-state index in [1.54, 1.807) is 18.5 Å². The molecule has 1 aliphatic heterocycles. The summed E-state index contributed by atoms with van der Waals surface area (Å²) in [5.74, 6) is -0.435. The molecular weight excluding hydrogens is 252 g/mol. The second-order valence-electron chi connectivity index (χ2n) is 4.62. The van der Waals surface area contributed by atoms with Gasteiger partial charge < -0.3 is 11.1 Å². The van der Waals surface area contributed by atoms with Gasteiger partial charge in [0.2, 0.25) is 5.91 Å². The molecule has 1 atom stereocenters. The van der Waals surface area contributed by atoms with E-state index in [9.17, 15) is 4.79 Å². The van der Waals surface area contributed by atoms with E-state index >= 15 is 0 Å². The monoisotopic (exact) mass is 266 g/mol. The van der Waals surface area contributed by atoms with Gasteiger partial charge in [0.25, 0.3) is 0 Å². The van der Waals surface area contributed by atoms with E-state index in [0.29, 0.717) is 12.0 Å². The van der Waals surface area contributed by atoms with Crippen molar-refractivity contribution in [3.63, 3.8) is 0 Å². The molecule has 0 saturated carbocycles. The molecule has 0 aromatic carbocycles. The Morgan fingerprint density at radius 2 is 2.05 bits per heavy atom. The van der Waals surface area contributed by atoms with Crippen molar-refractivity contribution >= 4 is 17.7 Å². The maximum absolute atomic E-state index is 11.6. The topological polar surface area (TPSA) is 80.9 Å². The number of primary amides is 1. The zero-order chi connectivity index (χ0) is 13.9. The molecule has 0 fully saturated rings. The minimum Gasteiger partial charge on any atom is -0.376 e. The first-order chi connectivity index (χ1) is 9.74. The second-order valence-corrected chi connectivity index (χ2v) is 4.62. The lowest BCUT2D eigenvalue weighted by molar-refractivity contribution is -0.114. The standard InChI is InChI=1S/C15H14N4O/c16-15(20)11-9-14-12(5-3-7-18-14)19-13(11)8-10-4-1-2-6-17-10/h1-7,9,13,19H,8H2,(H2,16,20). The summed E-state index contributed by atoms with van der Waals surface area (Å²) in [6.07, 6.45) is 5.78. The SMILES string of the molecule is NC(=O)C1=Cc2ncccc2NC1Cc1ccccn1. The Kier molecular flexibility index (Phi) is 3.16. The first kappa shape index (κ1) is 12.3. The lowest BCUT2D eigenvalue weighted by atomic mass is 9.96. The average molecular weight is 266 g/mol. The number of rotatable bonds is 3. The van der Waals surface area contributed by atoms with Crippen LogP contribution in [0.2, 0.25) is 0 Å². The molecule has 1 unspecified atom stereocenters. The summed E-state index contributed by atoms with van der Waals surface area (Å²) in [6, 6.07) is 9.32. The highest BCUT2D eigenvalue weighted by Gasteiger charge is 2.25. The molecule has 0 bridgehead atoms. The minimum absolute atomic E-state index is 0.181. The van der Waals surface area contributed by atoms with Crippen LogP contribution in [-0.4, -0.2) is 21.9 Å². The van der Waals surface area contributed by atoms with E-state index in [4.69, 9.17) is 5.73 Å². The maximum atomic E-state index is 11.6. The lowest BCUT2D eigenvalue weighted by Crippen LogP contribution is -2.34. The van der Waals surface area contributed by atoms with Gasteiger partial charge in [-0.2, -0.15) is 0 Å². The summed E-state index contributed by atoms with van der Waals surface area (Å²) in [4.78, 5) is 20.1. The zero-order valence-corrected chi connectivity index (χ0v) is 10.8. The van der Waals surface area contributed by atoms with Crippen LogP contribution in [-0.2, 0) is 11.2 Å². The molecular formula is C15H14N4O. The van der Waals surface area contributed by atoms with Crippen LogP contribution in [0.25, 0.3) is 6.08 Å². The van der Waals surface area contributed by atoms with Gasteiger partial charge in [-0.15, -0.1) is 0 Å². The Hall–Kier alpha value is -2.69. The number of nitrogens with one attached hydrogen (secondary N) is 1. The van der Waals surface area contributed by atoms with E-state index < -0.39 is 5.91 Å². The number of pyridine rings is 2. The van der Waals surface area contributed by atoms with Crippen LogP contribution < -0.4 is 11.1 Å². The quantitative estimate of drug-likeness (QED) is 0.879. The van der Waals surface area contributed by atoms with Gasteiger partial charge in [-0.05, 0) is 30.3 Å². The molecule has 1 aliphatic rings. The molecule has 100 valence electrons. The Morgan fingerprint density at radius 1 is 1.20 bits per heavy atom. The summed E-state index contributed by atoms with van der Waals surface area (Å²) < 4.78 is 0. The number of nitrogens with zero attached hydrogens (tertiary/aromatic N) is 2. The van der Waals surface area contributed by atoms with Crippen LogP contribution in [0.3, 0.4) is 0 Å². The number of carbonyl (C=O) groups is 1. The number of anilines is 1. The molecule has 0 radical (unpaired) electrons. The highest BCUT2D eigenvalue weighted by Crippen LogP contribution is 2.26. The zero-order valence-electron chi connectivity index (χ0n) is 10.8. The van der Waals surface area contributed by atoms with Crippen molar-refractivity contribution in [2.45, 2.75) is 12.5 Å². The van der Waals surface area contributed by atoms with Gasteiger partial charge in [-0.25, -0.2) is 0 Å². The lowest BCUT2D eigenvalue weighted by Gasteiger charge is -2.26. The number of aromatic nitrogens is 2. The van der Waals surface area contributed by atoms with Gasteiger partial charge in [0.05, 0.1) is 17.4 Å². The summed E-state index contributed by atoms with van der Waals surface area (Å²) >= 11 is 0. The number of hydrogen-bond acceptors (Lipinski definition) is 4. The Morgan fingerprint density at radius 3 is 2.80 bits per heavy atom. The summed E-state index contributed by atoms with van der Waals surface area (Å²) in [7, 11) is 0. The van der Waals surface area contributed by atoms with Crippen molar-refractivity contribution in [1.29, 1.82) is 0 Å². The molecule has 20 heavy (non-hydrogen) atoms. The van der Waals surface area contributed by atoms with Gasteiger partial charge >= 0.3 is 0 Å². The predicted octanol–water partition coefficient (Wildman–Crippen LogP) is 1.38. The first-order valence-electron chi connectivity index (χ1n) is 6.37. The van der Waals surface area contributed by atoms with E-state index in [1.807, 2.05) is 30.3 Å². The summed E-state index contributed by atoms with van der Waals surface area (Å²) in [5.41, 5.74) is 8.55. The normalized spacial score (nSPS) is 16.8. The summed E-state index contributed by atoms with van der Waals surface area (Å²) in [6.45, 7) is 0. The van der Waals surface area contributed by atoms with E-state index in [0.717, 1.165) is 17.1 Å². The van der Waals surface area contributed by atoms with Crippen LogP contribution >= 0.6 is 0 Å². The molecule has 0 spiro atoms. The largest absolute Gasteiger partial charge is 0.376 e. The van der Waals surface area contributed by atoms with Crippen molar-refractivity contribution in [3.8, 4) is 0 Å². The maximum Gasteiger partial charge on any atom is 0.246 e. The fourth-order valence-electron chi connectivity index (χ4n) is 2.30. The van der Waals surface area contributed by atoms with E-state index in [1.165, 1.54) is 0 Å². The molecule has 0 aliphatic carbocycles. The van der Waals surface area contributed by atoms with Crippen LogP contribution in [0.1, 0.15) is 11.4 Å². The minimum atomic E-state index is -0.435. The van der Waals surface area contributed by atoms with Gasteiger partial charge in [0, 0.05) is 30.1 Å². The Balaban J connectivity index is 1.94. The molecule has 5 nitrogen and oxygen atoms in total. The molecule has 0 saturated heterocycles. The van der Waals surface area contributed by atoms with E-state index in [-0.39, 0.29) is 6.04 Å².